The topological polar surface area (TPSA) is 35.2 Å². The van der Waals surface area contributed by atoms with Crippen LogP contribution in [0.2, 0.25) is 0 Å². The molecule has 0 saturated heterocycles. The smallest absolute Gasteiger partial charge is 0.129 e. The maximum Gasteiger partial charge on any atom is 0.129 e. The Bertz CT molecular complexity index is 333. The summed E-state index contributed by atoms with van der Waals surface area (Å²) in [7, 11) is 0. The number of hydrogen-bond acceptors (Lipinski definition) is 2. The molecule has 1 aromatic carbocycles. The lowest BCUT2D eigenvalue weighted by molar-refractivity contribution is 0.232. The van der Waals surface area contributed by atoms with Gasteiger partial charge in [0.15, 0.2) is 0 Å². The lowest BCUT2D eigenvalue weighted by atomic mass is 9.90. The van der Waals surface area contributed by atoms with Gasteiger partial charge in [0.25, 0.3) is 0 Å². The number of halogens is 2. The minimum Gasteiger partial charge on any atom is -0.493 e. The molecule has 2 nitrogen and oxygen atoms in total. The van der Waals surface area contributed by atoms with Gasteiger partial charge in [0, 0.05) is 18.2 Å². The van der Waals surface area contributed by atoms with E-state index in [4.69, 9.17) is 10.5 Å². The Kier molecular flexibility index (Phi) is 4.24. The molecule has 90 valence electrons. The van der Waals surface area contributed by atoms with Crippen LogP contribution in [-0.4, -0.2) is 13.2 Å². The van der Waals surface area contributed by atoms with Crippen molar-refractivity contribution in [1.82, 2.24) is 0 Å². The highest BCUT2D eigenvalue weighted by molar-refractivity contribution is 5.23. The molecule has 16 heavy (non-hydrogen) atoms. The van der Waals surface area contributed by atoms with Gasteiger partial charge in [-0.3, -0.25) is 0 Å². The molecule has 0 bridgehead atoms. The summed E-state index contributed by atoms with van der Waals surface area (Å²) in [6.45, 7) is 4.98. The molecule has 0 atom stereocenters. The van der Waals surface area contributed by atoms with Crippen molar-refractivity contribution in [1.29, 1.82) is 0 Å². The summed E-state index contributed by atoms with van der Waals surface area (Å²) >= 11 is 0. The van der Waals surface area contributed by atoms with Gasteiger partial charge in [-0.1, -0.05) is 13.8 Å². The molecule has 4 heteroatoms. The van der Waals surface area contributed by atoms with Crippen molar-refractivity contribution < 1.29 is 13.5 Å². The van der Waals surface area contributed by atoms with Gasteiger partial charge < -0.3 is 10.5 Å². The molecule has 1 rings (SSSR count). The molecular weight excluding hydrogens is 212 g/mol. The molecule has 0 spiro atoms. The highest BCUT2D eigenvalue weighted by Crippen LogP contribution is 2.20. The molecule has 0 aliphatic heterocycles. The van der Waals surface area contributed by atoms with E-state index in [-0.39, 0.29) is 11.2 Å². The molecule has 0 fully saturated rings. The summed E-state index contributed by atoms with van der Waals surface area (Å²) in [5, 5.41) is 0. The molecule has 1 aromatic rings. The normalized spacial score (nSPS) is 11.6. The highest BCUT2D eigenvalue weighted by atomic mass is 19.1. The molecular formula is C12H17F2NO. The molecule has 0 aliphatic carbocycles. The lowest BCUT2D eigenvalue weighted by Crippen LogP contribution is -2.25. The zero-order chi connectivity index (χ0) is 12.2. The van der Waals surface area contributed by atoms with Gasteiger partial charge in [0.05, 0.1) is 6.61 Å². The third kappa shape index (κ3) is 4.14. The Morgan fingerprint density at radius 3 is 2.25 bits per heavy atom. The Morgan fingerprint density at radius 2 is 1.75 bits per heavy atom. The fraction of sp³-hybridized carbons (Fsp3) is 0.500. The molecule has 2 N–H and O–H groups in total. The monoisotopic (exact) mass is 229 g/mol. The molecule has 0 saturated carbocycles. The number of rotatable bonds is 5. The van der Waals surface area contributed by atoms with E-state index in [1.807, 2.05) is 13.8 Å². The van der Waals surface area contributed by atoms with Gasteiger partial charge in [0.2, 0.25) is 0 Å². The van der Waals surface area contributed by atoms with Crippen molar-refractivity contribution in [3.05, 3.63) is 29.8 Å². The van der Waals surface area contributed by atoms with Crippen molar-refractivity contribution in [2.45, 2.75) is 20.3 Å². The first-order chi connectivity index (χ1) is 7.43. The van der Waals surface area contributed by atoms with Crippen LogP contribution < -0.4 is 10.5 Å². The van der Waals surface area contributed by atoms with Crippen LogP contribution in [0.4, 0.5) is 8.78 Å². The second kappa shape index (κ2) is 5.25. The summed E-state index contributed by atoms with van der Waals surface area (Å²) in [4.78, 5) is 0. The molecule has 0 aromatic heterocycles. The maximum absolute atomic E-state index is 12.8. The predicted molar refractivity (Wildman–Crippen MR) is 59.3 cm³/mol. The first kappa shape index (κ1) is 12.9. The van der Waals surface area contributed by atoms with Crippen molar-refractivity contribution in [3.63, 3.8) is 0 Å². The number of benzene rings is 1. The average Bonchev–Trinajstić information content (AvgIpc) is 2.16. The van der Waals surface area contributed by atoms with Crippen LogP contribution in [0.25, 0.3) is 0 Å². The summed E-state index contributed by atoms with van der Waals surface area (Å²) in [6, 6.07) is 3.15. The second-order valence-corrected chi connectivity index (χ2v) is 4.57. The Hall–Kier alpha value is -1.16. The zero-order valence-electron chi connectivity index (χ0n) is 9.59. The van der Waals surface area contributed by atoms with Crippen LogP contribution in [0.5, 0.6) is 5.75 Å². The van der Waals surface area contributed by atoms with E-state index in [0.717, 1.165) is 12.5 Å². The second-order valence-electron chi connectivity index (χ2n) is 4.57. The molecule has 0 heterocycles. The van der Waals surface area contributed by atoms with E-state index in [0.29, 0.717) is 13.2 Å². The zero-order valence-corrected chi connectivity index (χ0v) is 9.59. The van der Waals surface area contributed by atoms with Gasteiger partial charge in [-0.25, -0.2) is 8.78 Å². The third-order valence-electron chi connectivity index (χ3n) is 2.44. The quantitative estimate of drug-likeness (QED) is 0.842. The summed E-state index contributed by atoms with van der Waals surface area (Å²) in [5.74, 6) is -1.05. The van der Waals surface area contributed by atoms with Gasteiger partial charge in [0.1, 0.15) is 17.4 Å². The van der Waals surface area contributed by atoms with Crippen LogP contribution in [0.1, 0.15) is 20.3 Å². The van der Waals surface area contributed by atoms with Gasteiger partial charge in [-0.05, 0) is 18.4 Å². The molecule has 0 radical (unpaired) electrons. The van der Waals surface area contributed by atoms with Crippen molar-refractivity contribution in [2.75, 3.05) is 13.2 Å². The standard InChI is InChI=1S/C12H17F2NO/c1-12(2,8-15)3-4-16-11-6-9(13)5-10(14)7-11/h5-7H,3-4,8,15H2,1-2H3. The fourth-order valence-corrected chi connectivity index (χ4v) is 1.16. The summed E-state index contributed by atoms with van der Waals surface area (Å²) < 4.78 is 30.9. The van der Waals surface area contributed by atoms with Gasteiger partial charge in [-0.2, -0.15) is 0 Å². The molecule has 0 aliphatic rings. The number of hydrogen-bond donors (Lipinski definition) is 1. The molecule has 0 unspecified atom stereocenters. The van der Waals surface area contributed by atoms with Crippen molar-refractivity contribution in [3.8, 4) is 5.75 Å². The fourth-order valence-electron chi connectivity index (χ4n) is 1.16. The Balaban J connectivity index is 2.49. The first-order valence-corrected chi connectivity index (χ1v) is 5.22. The van der Waals surface area contributed by atoms with Crippen LogP contribution in [0, 0.1) is 17.0 Å². The van der Waals surface area contributed by atoms with Crippen LogP contribution in [0.15, 0.2) is 18.2 Å². The van der Waals surface area contributed by atoms with Crippen molar-refractivity contribution >= 4 is 0 Å². The van der Waals surface area contributed by atoms with Gasteiger partial charge in [-0.15, -0.1) is 0 Å². The van der Waals surface area contributed by atoms with Gasteiger partial charge >= 0.3 is 0 Å². The van der Waals surface area contributed by atoms with Crippen molar-refractivity contribution in [2.24, 2.45) is 11.1 Å². The Labute approximate surface area is 94.4 Å². The maximum atomic E-state index is 12.8. The number of nitrogens with two attached hydrogens (primary N) is 1. The largest absolute Gasteiger partial charge is 0.493 e. The average molecular weight is 229 g/mol. The van der Waals surface area contributed by atoms with Crippen LogP contribution in [-0.2, 0) is 0 Å². The SMILES string of the molecule is CC(C)(CN)CCOc1cc(F)cc(F)c1. The van der Waals surface area contributed by atoms with E-state index in [1.54, 1.807) is 0 Å². The minimum absolute atomic E-state index is 0.0220. The first-order valence-electron chi connectivity index (χ1n) is 5.22. The van der Waals surface area contributed by atoms with E-state index in [9.17, 15) is 8.78 Å². The van der Waals surface area contributed by atoms with E-state index < -0.39 is 11.6 Å². The summed E-state index contributed by atoms with van der Waals surface area (Å²) in [6.07, 6.45) is 0.738. The van der Waals surface area contributed by atoms with E-state index in [2.05, 4.69) is 0 Å². The van der Waals surface area contributed by atoms with Crippen LogP contribution in [0.3, 0.4) is 0 Å². The summed E-state index contributed by atoms with van der Waals surface area (Å²) in [5.41, 5.74) is 5.54. The lowest BCUT2D eigenvalue weighted by Gasteiger charge is -2.22. The third-order valence-corrected chi connectivity index (χ3v) is 2.44. The highest BCUT2D eigenvalue weighted by Gasteiger charge is 2.15. The molecule has 0 amide bonds. The Morgan fingerprint density at radius 1 is 1.19 bits per heavy atom. The predicted octanol–water partition coefficient (Wildman–Crippen LogP) is 2.72. The minimum atomic E-state index is -0.631. The number of ether oxygens (including phenoxy) is 1. The van der Waals surface area contributed by atoms with E-state index >= 15 is 0 Å². The van der Waals surface area contributed by atoms with Crippen LogP contribution >= 0.6 is 0 Å². The van der Waals surface area contributed by atoms with E-state index in [1.165, 1.54) is 12.1 Å².